The van der Waals surface area contributed by atoms with E-state index in [0.717, 1.165) is 5.56 Å². The lowest BCUT2D eigenvalue weighted by Crippen LogP contribution is -2.49. The molecule has 0 spiro atoms. The van der Waals surface area contributed by atoms with Gasteiger partial charge in [0.25, 0.3) is 5.56 Å². The van der Waals surface area contributed by atoms with Gasteiger partial charge >= 0.3 is 6.18 Å². The third-order valence-electron chi connectivity index (χ3n) is 8.07. The number of halogens is 3. The molecule has 2 aromatic heterocycles. The van der Waals surface area contributed by atoms with Crippen molar-refractivity contribution in [2.24, 2.45) is 12.8 Å². The first-order chi connectivity index (χ1) is 19.9. The highest BCUT2D eigenvalue weighted by Crippen LogP contribution is 2.33. The second-order valence-electron chi connectivity index (χ2n) is 11.1. The molecule has 3 heterocycles. The molecule has 1 aliphatic rings. The lowest BCUT2D eigenvalue weighted by molar-refractivity contribution is -0.149. The van der Waals surface area contributed by atoms with Gasteiger partial charge in [0.1, 0.15) is 11.6 Å². The van der Waals surface area contributed by atoms with Crippen LogP contribution in [0, 0.1) is 0 Å². The first-order valence-electron chi connectivity index (χ1n) is 13.8. The van der Waals surface area contributed by atoms with Gasteiger partial charge < -0.3 is 15.7 Å². The first-order valence-corrected chi connectivity index (χ1v) is 13.8. The van der Waals surface area contributed by atoms with Crippen LogP contribution < -0.4 is 11.3 Å². The van der Waals surface area contributed by atoms with Crippen molar-refractivity contribution in [3.8, 4) is 11.3 Å². The Bertz CT molecular complexity index is 1620. The monoisotopic (exact) mass is 582 g/mol. The van der Waals surface area contributed by atoms with E-state index in [2.05, 4.69) is 10.1 Å². The van der Waals surface area contributed by atoms with Gasteiger partial charge in [-0.25, -0.2) is 4.98 Å². The van der Waals surface area contributed by atoms with Crippen LogP contribution in [0.5, 0.6) is 0 Å². The molecule has 42 heavy (non-hydrogen) atoms. The van der Waals surface area contributed by atoms with E-state index >= 15 is 0 Å². The van der Waals surface area contributed by atoms with Gasteiger partial charge in [-0.05, 0) is 29.9 Å². The van der Waals surface area contributed by atoms with Gasteiger partial charge in [-0.15, -0.1) is 0 Å². The molecule has 1 fully saturated rings. The van der Waals surface area contributed by atoms with E-state index in [1.165, 1.54) is 39.8 Å². The molecule has 5 rings (SSSR count). The van der Waals surface area contributed by atoms with Gasteiger partial charge in [-0.3, -0.25) is 18.8 Å². The molecule has 1 aliphatic heterocycles. The van der Waals surface area contributed by atoms with Gasteiger partial charge in [-0.2, -0.15) is 18.3 Å². The molecule has 9 nitrogen and oxygen atoms in total. The number of hydrogen-bond donors (Lipinski definition) is 2. The zero-order valence-electron chi connectivity index (χ0n) is 23.4. The molecule has 0 unspecified atom stereocenters. The third kappa shape index (κ3) is 5.95. The van der Waals surface area contributed by atoms with Crippen molar-refractivity contribution in [3.05, 3.63) is 82.4 Å². The Hall–Kier alpha value is -4.03. The van der Waals surface area contributed by atoms with Crippen LogP contribution in [0.2, 0.25) is 0 Å². The highest BCUT2D eigenvalue weighted by atomic mass is 19.4. The summed E-state index contributed by atoms with van der Waals surface area (Å²) in [4.78, 5) is 32.5. The summed E-state index contributed by atoms with van der Waals surface area (Å²) in [5.41, 5.74) is 6.05. The number of carbonyl (C=O) groups excluding carboxylic acids is 1. The fourth-order valence-electron chi connectivity index (χ4n) is 5.51. The summed E-state index contributed by atoms with van der Waals surface area (Å²) in [6, 6.07) is 13.3. The predicted molar refractivity (Wildman–Crippen MR) is 151 cm³/mol. The Morgan fingerprint density at radius 3 is 2.31 bits per heavy atom. The van der Waals surface area contributed by atoms with Crippen LogP contribution in [-0.2, 0) is 18.4 Å². The number of amides is 1. The summed E-state index contributed by atoms with van der Waals surface area (Å²) in [5, 5.41) is 15.6. The maximum atomic E-state index is 13.4. The van der Waals surface area contributed by atoms with E-state index in [4.69, 9.17) is 5.73 Å². The van der Waals surface area contributed by atoms with Crippen molar-refractivity contribution in [2.45, 2.75) is 56.5 Å². The van der Waals surface area contributed by atoms with Crippen LogP contribution in [0.3, 0.4) is 0 Å². The van der Waals surface area contributed by atoms with Crippen molar-refractivity contribution < 1.29 is 23.1 Å². The zero-order valence-corrected chi connectivity index (χ0v) is 23.4. The lowest BCUT2D eigenvalue weighted by atomic mass is 9.90. The summed E-state index contributed by atoms with van der Waals surface area (Å²) in [7, 11) is 1.62. The number of alkyl halides is 3. The number of rotatable bonds is 7. The van der Waals surface area contributed by atoms with E-state index in [1.54, 1.807) is 11.9 Å². The van der Waals surface area contributed by atoms with E-state index < -0.39 is 23.4 Å². The number of nitrogens with two attached hydrogens (primary N) is 1. The van der Waals surface area contributed by atoms with Crippen molar-refractivity contribution in [3.63, 3.8) is 0 Å². The van der Waals surface area contributed by atoms with Crippen molar-refractivity contribution in [1.82, 2.24) is 24.2 Å². The molecule has 0 saturated carbocycles. The summed E-state index contributed by atoms with van der Waals surface area (Å²) < 4.78 is 41.8. The Labute approximate surface area is 240 Å². The number of piperidine rings is 1. The predicted octanol–water partition coefficient (Wildman–Crippen LogP) is 3.91. The summed E-state index contributed by atoms with van der Waals surface area (Å²) >= 11 is 0. The van der Waals surface area contributed by atoms with E-state index in [9.17, 15) is 27.9 Å². The summed E-state index contributed by atoms with van der Waals surface area (Å²) in [6.07, 6.45) is -2.22. The number of nitrogens with zero attached hydrogens (tertiary/aromatic N) is 5. The van der Waals surface area contributed by atoms with Gasteiger partial charge in [0, 0.05) is 32.1 Å². The number of likely N-dealkylation sites (tertiary alicyclic amines) is 1. The number of benzene rings is 2. The molecule has 3 N–H and O–H groups in total. The van der Waals surface area contributed by atoms with E-state index in [0.29, 0.717) is 49.1 Å². The van der Waals surface area contributed by atoms with Crippen LogP contribution >= 0.6 is 0 Å². The maximum Gasteiger partial charge on any atom is 0.407 e. The van der Waals surface area contributed by atoms with Gasteiger partial charge in [-0.1, -0.05) is 61.5 Å². The average Bonchev–Trinajstić information content (AvgIpc) is 3.31. The van der Waals surface area contributed by atoms with Gasteiger partial charge in [0.15, 0.2) is 5.52 Å². The minimum absolute atomic E-state index is 0.00679. The molecule has 4 aromatic rings. The highest BCUT2D eigenvalue weighted by molar-refractivity contribution is 5.89. The zero-order chi connectivity index (χ0) is 30.2. The second kappa shape index (κ2) is 11.3. The fourth-order valence-corrected chi connectivity index (χ4v) is 5.51. The minimum Gasteiger partial charge on any atom is -0.388 e. The standard InChI is InChI=1S/C30H33F3N6O3/c1-19(20-6-4-3-5-7-20)16-23(40)38-14-12-29(42,13-15-38)17-39-18-35-24-25(28(39)41)36-37(2)26(24)21-8-10-22(11-9-21)27(34)30(31,32)33/h3-11,18-19,27,42H,12-17,34H2,1-2H3/t19-,27-/m1/s1. The first kappa shape index (κ1) is 29.5. The molecule has 2 atom stereocenters. The highest BCUT2D eigenvalue weighted by Gasteiger charge is 2.38. The topological polar surface area (TPSA) is 119 Å². The summed E-state index contributed by atoms with van der Waals surface area (Å²) in [6.45, 7) is 2.77. The van der Waals surface area contributed by atoms with Crippen LogP contribution in [0.15, 0.2) is 65.7 Å². The van der Waals surface area contributed by atoms with Crippen molar-refractivity contribution in [1.29, 1.82) is 0 Å². The minimum atomic E-state index is -4.56. The summed E-state index contributed by atoms with van der Waals surface area (Å²) in [5.74, 6) is 0.109. The molecule has 2 aromatic carbocycles. The van der Waals surface area contributed by atoms with Crippen molar-refractivity contribution >= 4 is 16.9 Å². The molecular weight excluding hydrogens is 549 g/mol. The smallest absolute Gasteiger partial charge is 0.388 e. The van der Waals surface area contributed by atoms with Crippen molar-refractivity contribution in [2.75, 3.05) is 13.1 Å². The Balaban J connectivity index is 1.28. The average molecular weight is 583 g/mol. The molecule has 12 heteroatoms. The molecule has 1 amide bonds. The second-order valence-corrected chi connectivity index (χ2v) is 11.1. The molecule has 0 radical (unpaired) electrons. The Morgan fingerprint density at radius 2 is 1.69 bits per heavy atom. The quantitative estimate of drug-likeness (QED) is 0.341. The number of aliphatic hydroxyl groups is 1. The number of carbonyl (C=O) groups is 1. The normalized spacial score (nSPS) is 16.9. The lowest BCUT2D eigenvalue weighted by Gasteiger charge is -2.38. The van der Waals surface area contributed by atoms with Crippen LogP contribution in [-0.4, -0.2) is 60.1 Å². The SMILES string of the molecule is C[C@H](CC(=O)N1CCC(O)(Cn2cnc3c(-c4ccc([C@@H](N)C(F)(F)F)cc4)n(C)nc3c2=O)CC1)c1ccccc1. The number of aromatic nitrogens is 4. The third-order valence-corrected chi connectivity index (χ3v) is 8.07. The fraction of sp³-hybridized carbons (Fsp3) is 0.400. The number of aryl methyl sites for hydroxylation is 1. The van der Waals surface area contributed by atoms with Crippen LogP contribution in [0.1, 0.15) is 49.3 Å². The Morgan fingerprint density at radius 1 is 1.05 bits per heavy atom. The molecule has 0 bridgehead atoms. The largest absolute Gasteiger partial charge is 0.407 e. The van der Waals surface area contributed by atoms with Gasteiger partial charge in [0.05, 0.1) is 24.2 Å². The van der Waals surface area contributed by atoms with E-state index in [-0.39, 0.29) is 29.4 Å². The number of hydrogen-bond acceptors (Lipinski definition) is 6. The van der Waals surface area contributed by atoms with Gasteiger partial charge in [0.2, 0.25) is 5.91 Å². The van der Waals surface area contributed by atoms with Crippen LogP contribution in [0.25, 0.3) is 22.3 Å². The van der Waals surface area contributed by atoms with Crippen LogP contribution in [0.4, 0.5) is 13.2 Å². The van der Waals surface area contributed by atoms with E-state index in [1.807, 2.05) is 37.3 Å². The molecule has 1 saturated heterocycles. The molecular formula is C30H33F3N6O3. The molecule has 0 aliphatic carbocycles. The maximum absolute atomic E-state index is 13.4. The number of fused-ring (bicyclic) bond motifs is 1. The Kier molecular flexibility index (Phi) is 7.95. The molecule has 222 valence electrons.